The minimum Gasteiger partial charge on any atom is -0.443 e. The standard InChI is InChI=1S/C32H28N4O5/c1-35-19-18-33-30(35)29(37)28(27-17-16-25-14-8-9-15-26(25)20-27)36(32(39)41-22-24-12-6-3-7-13-24)34-31(38)40-21-23-10-4-2-5-11-23/h2-20,28H,21-22H2,1H3,(H,34,38)/t28-/m1/s1. The molecule has 2 amide bonds. The highest BCUT2D eigenvalue weighted by Crippen LogP contribution is 2.28. The van der Waals surface area contributed by atoms with Crippen LogP contribution in [0, 0.1) is 0 Å². The number of aromatic nitrogens is 2. The number of benzene rings is 4. The summed E-state index contributed by atoms with van der Waals surface area (Å²) >= 11 is 0. The van der Waals surface area contributed by atoms with E-state index in [0.717, 1.165) is 26.9 Å². The molecular formula is C32H28N4O5. The maximum Gasteiger partial charge on any atom is 0.430 e. The number of ether oxygens (including phenoxy) is 2. The maximum absolute atomic E-state index is 14.0. The smallest absolute Gasteiger partial charge is 0.430 e. The Labute approximate surface area is 236 Å². The summed E-state index contributed by atoms with van der Waals surface area (Å²) in [6, 6.07) is 29.9. The van der Waals surface area contributed by atoms with Gasteiger partial charge < -0.3 is 14.0 Å². The van der Waals surface area contributed by atoms with Gasteiger partial charge in [-0.2, -0.15) is 0 Å². The number of imidazole rings is 1. The molecule has 0 unspecified atom stereocenters. The lowest BCUT2D eigenvalue weighted by Crippen LogP contribution is -2.51. The molecule has 206 valence electrons. The summed E-state index contributed by atoms with van der Waals surface area (Å²) < 4.78 is 12.5. The maximum atomic E-state index is 14.0. The van der Waals surface area contributed by atoms with Crippen LogP contribution in [0.3, 0.4) is 0 Å². The van der Waals surface area contributed by atoms with E-state index < -0.39 is 24.0 Å². The second-order valence-corrected chi connectivity index (χ2v) is 9.32. The van der Waals surface area contributed by atoms with Crippen LogP contribution in [-0.4, -0.2) is 32.5 Å². The Morgan fingerprint density at radius 1 is 0.805 bits per heavy atom. The highest BCUT2D eigenvalue weighted by Gasteiger charge is 2.37. The molecule has 0 bridgehead atoms. The number of aryl methyl sites for hydroxylation is 1. The van der Waals surface area contributed by atoms with Gasteiger partial charge in [0.25, 0.3) is 0 Å². The Kier molecular flexibility index (Phi) is 8.35. The van der Waals surface area contributed by atoms with Gasteiger partial charge >= 0.3 is 12.2 Å². The molecule has 0 aliphatic heterocycles. The molecule has 1 N–H and O–H groups in total. The van der Waals surface area contributed by atoms with Crippen molar-refractivity contribution in [1.82, 2.24) is 20.0 Å². The second-order valence-electron chi connectivity index (χ2n) is 9.32. The van der Waals surface area contributed by atoms with E-state index in [2.05, 4.69) is 10.4 Å². The van der Waals surface area contributed by atoms with Crippen molar-refractivity contribution in [2.24, 2.45) is 7.05 Å². The third-order valence-corrected chi connectivity index (χ3v) is 6.46. The van der Waals surface area contributed by atoms with Crippen LogP contribution in [0.15, 0.2) is 116 Å². The van der Waals surface area contributed by atoms with Crippen molar-refractivity contribution >= 4 is 28.7 Å². The second kappa shape index (κ2) is 12.6. The van der Waals surface area contributed by atoms with Gasteiger partial charge in [0.15, 0.2) is 5.82 Å². The molecule has 0 saturated carbocycles. The number of fused-ring (bicyclic) bond motifs is 1. The Balaban J connectivity index is 1.50. The molecule has 1 aromatic heterocycles. The predicted molar refractivity (Wildman–Crippen MR) is 152 cm³/mol. The summed E-state index contributed by atoms with van der Waals surface area (Å²) in [6.45, 7) is -0.106. The minimum atomic E-state index is -1.31. The van der Waals surface area contributed by atoms with Crippen molar-refractivity contribution in [2.75, 3.05) is 0 Å². The molecule has 0 saturated heterocycles. The van der Waals surface area contributed by atoms with Crippen molar-refractivity contribution in [3.8, 4) is 0 Å². The van der Waals surface area contributed by atoms with Crippen LogP contribution in [0.2, 0.25) is 0 Å². The molecule has 1 atom stereocenters. The Hall–Kier alpha value is -5.44. The average Bonchev–Trinajstić information content (AvgIpc) is 3.45. The SMILES string of the molecule is Cn1ccnc1C(=O)[C@@H](c1ccc2ccccc2c1)N(NC(=O)OCc1ccccc1)C(=O)OCc1ccccc1. The molecule has 9 heteroatoms. The quantitative estimate of drug-likeness (QED) is 0.189. The molecule has 1 heterocycles. The summed E-state index contributed by atoms with van der Waals surface area (Å²) in [4.78, 5) is 44.9. The summed E-state index contributed by atoms with van der Waals surface area (Å²) in [7, 11) is 1.68. The van der Waals surface area contributed by atoms with Crippen LogP contribution in [0.1, 0.15) is 33.4 Å². The number of rotatable bonds is 8. The van der Waals surface area contributed by atoms with Crippen molar-refractivity contribution in [1.29, 1.82) is 0 Å². The lowest BCUT2D eigenvalue weighted by molar-refractivity contribution is 0.0413. The lowest BCUT2D eigenvalue weighted by Gasteiger charge is -2.30. The van der Waals surface area contributed by atoms with E-state index in [4.69, 9.17) is 9.47 Å². The first-order valence-corrected chi connectivity index (χ1v) is 13.0. The van der Waals surface area contributed by atoms with Crippen LogP contribution in [-0.2, 0) is 29.7 Å². The van der Waals surface area contributed by atoms with E-state index in [1.165, 1.54) is 6.20 Å². The highest BCUT2D eigenvalue weighted by atomic mass is 16.6. The Bertz CT molecular complexity index is 1650. The number of ketones is 1. The first-order valence-electron chi connectivity index (χ1n) is 13.0. The van der Waals surface area contributed by atoms with Gasteiger partial charge in [-0.05, 0) is 33.5 Å². The molecule has 0 spiro atoms. The zero-order valence-corrected chi connectivity index (χ0v) is 22.3. The first kappa shape index (κ1) is 27.1. The van der Waals surface area contributed by atoms with E-state index in [1.807, 2.05) is 78.9 Å². The summed E-state index contributed by atoms with van der Waals surface area (Å²) in [5.41, 5.74) is 4.43. The van der Waals surface area contributed by atoms with Gasteiger partial charge in [-0.3, -0.25) is 4.79 Å². The van der Waals surface area contributed by atoms with E-state index >= 15 is 0 Å². The summed E-state index contributed by atoms with van der Waals surface area (Å²) in [5.74, 6) is -0.420. The predicted octanol–water partition coefficient (Wildman–Crippen LogP) is 5.98. The van der Waals surface area contributed by atoms with Crippen LogP contribution in [0.5, 0.6) is 0 Å². The number of hydrazine groups is 1. The number of nitrogens with one attached hydrogen (secondary N) is 1. The van der Waals surface area contributed by atoms with Crippen molar-refractivity contribution in [2.45, 2.75) is 19.3 Å². The van der Waals surface area contributed by atoms with Gasteiger partial charge in [0.2, 0.25) is 5.78 Å². The zero-order valence-electron chi connectivity index (χ0n) is 22.3. The van der Waals surface area contributed by atoms with Crippen molar-refractivity contribution in [3.05, 3.63) is 138 Å². The van der Waals surface area contributed by atoms with Crippen LogP contribution in [0.4, 0.5) is 9.59 Å². The van der Waals surface area contributed by atoms with Gasteiger partial charge in [0, 0.05) is 19.4 Å². The number of amides is 2. The molecule has 0 fully saturated rings. The fraction of sp³-hybridized carbons (Fsp3) is 0.125. The molecule has 0 aliphatic carbocycles. The topological polar surface area (TPSA) is 103 Å². The normalized spacial score (nSPS) is 11.4. The highest BCUT2D eigenvalue weighted by molar-refractivity contribution is 6.00. The molecular weight excluding hydrogens is 520 g/mol. The third-order valence-electron chi connectivity index (χ3n) is 6.46. The van der Waals surface area contributed by atoms with Gasteiger partial charge in [-0.15, -0.1) is 0 Å². The van der Waals surface area contributed by atoms with Crippen LogP contribution >= 0.6 is 0 Å². The van der Waals surface area contributed by atoms with Gasteiger partial charge in [0.1, 0.15) is 19.3 Å². The van der Waals surface area contributed by atoms with Gasteiger partial charge in [0.05, 0.1) is 0 Å². The zero-order chi connectivity index (χ0) is 28.6. The molecule has 5 aromatic rings. The lowest BCUT2D eigenvalue weighted by atomic mass is 9.98. The molecule has 4 aromatic carbocycles. The van der Waals surface area contributed by atoms with E-state index in [9.17, 15) is 14.4 Å². The number of hydrogen-bond acceptors (Lipinski definition) is 6. The van der Waals surface area contributed by atoms with E-state index in [0.29, 0.717) is 5.56 Å². The number of nitrogens with zero attached hydrogens (tertiary/aromatic N) is 3. The Morgan fingerprint density at radius 2 is 1.41 bits per heavy atom. The van der Waals surface area contributed by atoms with Crippen LogP contribution in [0.25, 0.3) is 10.8 Å². The van der Waals surface area contributed by atoms with Crippen LogP contribution < -0.4 is 5.43 Å². The third kappa shape index (κ3) is 6.59. The largest absolute Gasteiger partial charge is 0.443 e. The van der Waals surface area contributed by atoms with Crippen molar-refractivity contribution < 1.29 is 23.9 Å². The fourth-order valence-electron chi connectivity index (χ4n) is 4.38. The molecule has 9 nitrogen and oxygen atoms in total. The summed E-state index contributed by atoms with van der Waals surface area (Å²) in [5, 5.41) is 2.68. The molecule has 5 rings (SSSR count). The molecule has 41 heavy (non-hydrogen) atoms. The first-order chi connectivity index (χ1) is 20.0. The number of carbonyl (C=O) groups is 3. The number of Topliss-reactive ketones (excluding diaryl/α,β-unsaturated/α-hetero) is 1. The number of carbonyl (C=O) groups excluding carboxylic acids is 3. The average molecular weight is 549 g/mol. The number of hydrogen-bond donors (Lipinski definition) is 1. The molecule has 0 aliphatic rings. The minimum absolute atomic E-state index is 0.0342. The monoisotopic (exact) mass is 548 g/mol. The van der Waals surface area contributed by atoms with Gasteiger partial charge in [-0.25, -0.2) is 25.0 Å². The summed E-state index contributed by atoms with van der Waals surface area (Å²) in [6.07, 6.45) is 1.25. The van der Waals surface area contributed by atoms with E-state index in [-0.39, 0.29) is 19.0 Å². The van der Waals surface area contributed by atoms with Gasteiger partial charge in [-0.1, -0.05) is 97.1 Å². The fourth-order valence-corrected chi connectivity index (χ4v) is 4.38. The Morgan fingerprint density at radius 3 is 2.05 bits per heavy atom. The van der Waals surface area contributed by atoms with E-state index in [1.54, 1.807) is 42.1 Å². The molecule has 0 radical (unpaired) electrons. The van der Waals surface area contributed by atoms with Crippen molar-refractivity contribution in [3.63, 3.8) is 0 Å².